The maximum atomic E-state index is 13.8. The van der Waals surface area contributed by atoms with Crippen LogP contribution in [0.4, 0.5) is 10.1 Å². The van der Waals surface area contributed by atoms with Gasteiger partial charge in [0.15, 0.2) is 6.80 Å². The van der Waals surface area contributed by atoms with Gasteiger partial charge in [-0.05, 0) is 25.5 Å². The molecule has 27 heavy (non-hydrogen) atoms. The number of halogens is 3. The number of aromatic nitrogens is 4. The molecule has 2 aromatic heterocycles. The molecule has 8 nitrogen and oxygen atoms in total. The molecule has 0 bridgehead atoms. The van der Waals surface area contributed by atoms with Gasteiger partial charge in [0.1, 0.15) is 0 Å². The molecule has 0 saturated carbocycles. The van der Waals surface area contributed by atoms with Gasteiger partial charge >= 0.3 is 10.0 Å². The summed E-state index contributed by atoms with van der Waals surface area (Å²) in [5.74, 6) is 0.231. The fourth-order valence-electron chi connectivity index (χ4n) is 2.33. The van der Waals surface area contributed by atoms with Gasteiger partial charge in [0.05, 0.1) is 22.3 Å². The van der Waals surface area contributed by atoms with Crippen LogP contribution in [-0.2, 0) is 10.0 Å². The molecule has 1 aromatic carbocycles. The molecule has 12 heteroatoms. The van der Waals surface area contributed by atoms with Crippen LogP contribution in [-0.4, -0.2) is 41.4 Å². The molecule has 0 N–H and O–H groups in total. The Morgan fingerprint density at radius 1 is 1.30 bits per heavy atom. The predicted octanol–water partition coefficient (Wildman–Crippen LogP) is 3.26. The highest BCUT2D eigenvalue weighted by Crippen LogP contribution is 2.38. The van der Waals surface area contributed by atoms with Gasteiger partial charge in [-0.2, -0.15) is 17.9 Å². The Morgan fingerprint density at radius 2 is 2.04 bits per heavy atom. The zero-order chi connectivity index (χ0) is 19.8. The molecule has 2 heterocycles. The average molecular weight is 434 g/mol. The van der Waals surface area contributed by atoms with Crippen molar-refractivity contribution in [3.8, 4) is 5.88 Å². The van der Waals surface area contributed by atoms with E-state index in [1.54, 1.807) is 19.9 Å². The van der Waals surface area contributed by atoms with Gasteiger partial charge in [-0.25, -0.2) is 13.7 Å². The molecule has 0 unspecified atom stereocenters. The van der Waals surface area contributed by atoms with Crippen LogP contribution in [0, 0.1) is 6.92 Å². The van der Waals surface area contributed by atoms with Crippen molar-refractivity contribution in [3.63, 3.8) is 0 Å². The Bertz CT molecular complexity index is 1110. The Hall–Kier alpha value is -2.17. The van der Waals surface area contributed by atoms with Crippen LogP contribution >= 0.6 is 23.2 Å². The second kappa shape index (κ2) is 7.45. The van der Waals surface area contributed by atoms with Crippen LogP contribution in [0.3, 0.4) is 0 Å². The van der Waals surface area contributed by atoms with E-state index < -0.39 is 22.0 Å². The van der Waals surface area contributed by atoms with Gasteiger partial charge in [0.25, 0.3) is 10.9 Å². The van der Waals surface area contributed by atoms with Crippen LogP contribution in [0.15, 0.2) is 29.6 Å². The third-order valence-electron chi connectivity index (χ3n) is 3.62. The highest BCUT2D eigenvalue weighted by atomic mass is 35.5. The normalized spacial score (nSPS) is 11.7. The molecule has 144 valence electrons. The van der Waals surface area contributed by atoms with E-state index in [9.17, 15) is 12.8 Å². The van der Waals surface area contributed by atoms with Crippen molar-refractivity contribution < 1.29 is 17.5 Å². The number of hydrogen-bond acceptors (Lipinski definition) is 6. The number of alkyl halides is 1. The van der Waals surface area contributed by atoms with E-state index in [1.807, 2.05) is 0 Å². The average Bonchev–Trinajstić information content (AvgIpc) is 3.08. The third-order valence-corrected chi connectivity index (χ3v) is 5.89. The van der Waals surface area contributed by atoms with Crippen molar-refractivity contribution in [3.05, 3.63) is 40.0 Å². The fraction of sp³-hybridized carbons (Fsp3) is 0.267. The number of hydrogen-bond donors (Lipinski definition) is 0. The highest BCUT2D eigenvalue weighted by Gasteiger charge is 2.33. The van der Waals surface area contributed by atoms with Crippen molar-refractivity contribution in [1.82, 2.24) is 19.6 Å². The summed E-state index contributed by atoms with van der Waals surface area (Å²) in [4.78, 5) is 7.83. The zero-order valence-corrected chi connectivity index (χ0v) is 16.6. The van der Waals surface area contributed by atoms with Crippen molar-refractivity contribution in [2.75, 3.05) is 17.7 Å². The summed E-state index contributed by atoms with van der Waals surface area (Å²) in [6.07, 6.45) is 1.40. The topological polar surface area (TPSA) is 89.7 Å². The second-order valence-electron chi connectivity index (χ2n) is 5.32. The largest absolute Gasteiger partial charge is 0.478 e. The van der Waals surface area contributed by atoms with Gasteiger partial charge < -0.3 is 4.74 Å². The highest BCUT2D eigenvalue weighted by molar-refractivity contribution is 7.92. The molecule has 0 aliphatic carbocycles. The SMILES string of the molecule is CCOc1ccnc2nc(S(=O)(=O)N(CF)c3c(Cl)ccc(C)c3Cl)nn12. The first-order chi connectivity index (χ1) is 12.8. The van der Waals surface area contributed by atoms with Crippen LogP contribution in [0.2, 0.25) is 10.0 Å². The zero-order valence-electron chi connectivity index (χ0n) is 14.2. The standard InChI is InChI=1S/C15H14Cl2FN5O3S/c1-3-26-11-6-7-19-14-20-15(21-23(11)14)27(24,25)22(8-18)13-10(16)5-4-9(2)12(13)17/h4-7H,3,8H2,1-2H3. The summed E-state index contributed by atoms with van der Waals surface area (Å²) in [5.41, 5.74) is 0.352. The number of benzene rings is 1. The van der Waals surface area contributed by atoms with Crippen LogP contribution in [0.1, 0.15) is 12.5 Å². The van der Waals surface area contributed by atoms with E-state index in [4.69, 9.17) is 27.9 Å². The molecule has 0 aliphatic heterocycles. The summed E-state index contributed by atoms with van der Waals surface area (Å²) >= 11 is 12.3. The number of ether oxygens (including phenoxy) is 1. The Morgan fingerprint density at radius 3 is 2.70 bits per heavy atom. The number of anilines is 1. The van der Waals surface area contributed by atoms with Crippen molar-refractivity contribution >= 4 is 44.7 Å². The van der Waals surface area contributed by atoms with Crippen LogP contribution in [0.25, 0.3) is 5.78 Å². The first-order valence-corrected chi connectivity index (χ1v) is 9.88. The minimum atomic E-state index is -4.51. The lowest BCUT2D eigenvalue weighted by molar-refractivity contribution is 0.316. The first kappa shape index (κ1) is 19.6. The lowest BCUT2D eigenvalue weighted by Crippen LogP contribution is -2.31. The molecular formula is C15H14Cl2FN5O3S. The molecule has 0 saturated heterocycles. The molecular weight excluding hydrogens is 420 g/mol. The lowest BCUT2D eigenvalue weighted by atomic mass is 10.2. The third kappa shape index (κ3) is 3.40. The van der Waals surface area contributed by atoms with E-state index in [-0.39, 0.29) is 27.4 Å². The number of fused-ring (bicyclic) bond motifs is 1. The van der Waals surface area contributed by atoms with Crippen LogP contribution in [0.5, 0.6) is 5.88 Å². The van der Waals surface area contributed by atoms with Crippen molar-refractivity contribution in [1.29, 1.82) is 0 Å². The minimum absolute atomic E-state index is 0.0141. The number of aryl methyl sites for hydroxylation is 1. The monoisotopic (exact) mass is 433 g/mol. The Kier molecular flexibility index (Phi) is 5.41. The van der Waals surface area contributed by atoms with E-state index in [0.717, 1.165) is 4.52 Å². The van der Waals surface area contributed by atoms with Gasteiger partial charge in [-0.3, -0.25) is 0 Å². The summed E-state index contributed by atoms with van der Waals surface area (Å²) in [5, 5.41) is 3.25. The smallest absolute Gasteiger partial charge is 0.304 e. The summed E-state index contributed by atoms with van der Waals surface area (Å²) in [6, 6.07) is 4.53. The molecule has 3 aromatic rings. The summed E-state index contributed by atoms with van der Waals surface area (Å²) in [6.45, 7) is 2.32. The quantitative estimate of drug-likeness (QED) is 0.554. The van der Waals surface area contributed by atoms with Gasteiger partial charge in [-0.1, -0.05) is 29.3 Å². The molecule has 0 aliphatic rings. The summed E-state index contributed by atoms with van der Waals surface area (Å²) in [7, 11) is -4.51. The minimum Gasteiger partial charge on any atom is -0.478 e. The predicted molar refractivity (Wildman–Crippen MR) is 98.8 cm³/mol. The van der Waals surface area contributed by atoms with E-state index in [0.29, 0.717) is 16.5 Å². The summed E-state index contributed by atoms with van der Waals surface area (Å²) < 4.78 is 46.7. The first-order valence-electron chi connectivity index (χ1n) is 7.69. The molecule has 0 fully saturated rings. The maximum absolute atomic E-state index is 13.8. The molecule has 0 amide bonds. The van der Waals surface area contributed by atoms with Gasteiger partial charge in [0, 0.05) is 12.3 Å². The number of nitrogens with zero attached hydrogens (tertiary/aromatic N) is 5. The molecule has 0 atom stereocenters. The van der Waals surface area contributed by atoms with E-state index in [1.165, 1.54) is 18.3 Å². The fourth-order valence-corrected chi connectivity index (χ4v) is 4.15. The van der Waals surface area contributed by atoms with Crippen molar-refractivity contribution in [2.45, 2.75) is 19.0 Å². The Balaban J connectivity index is 2.17. The second-order valence-corrected chi connectivity index (χ2v) is 7.86. The maximum Gasteiger partial charge on any atom is 0.304 e. The molecule has 3 rings (SSSR count). The molecule has 0 radical (unpaired) electrons. The van der Waals surface area contributed by atoms with E-state index in [2.05, 4.69) is 15.1 Å². The lowest BCUT2D eigenvalue weighted by Gasteiger charge is -2.22. The van der Waals surface area contributed by atoms with Crippen LogP contribution < -0.4 is 9.04 Å². The number of sulfonamides is 1. The van der Waals surface area contributed by atoms with E-state index >= 15 is 0 Å². The Labute approximate surface area is 164 Å². The molecule has 0 spiro atoms. The van der Waals surface area contributed by atoms with Crippen molar-refractivity contribution in [2.24, 2.45) is 0 Å². The van der Waals surface area contributed by atoms with Gasteiger partial charge in [-0.15, -0.1) is 5.10 Å². The number of rotatable bonds is 6. The van der Waals surface area contributed by atoms with Gasteiger partial charge in [0.2, 0.25) is 5.88 Å².